The van der Waals surface area contributed by atoms with Gasteiger partial charge in [0.05, 0.1) is 0 Å². The molecule has 0 aliphatic rings. The van der Waals surface area contributed by atoms with Crippen LogP contribution in [0.4, 0.5) is 0 Å². The first kappa shape index (κ1) is 12.1. The summed E-state index contributed by atoms with van der Waals surface area (Å²) in [7, 11) is 0. The molecule has 1 N–H and O–H groups in total. The number of aliphatic hydroxyl groups is 1. The fraction of sp³-hybridized carbons (Fsp3) is 0.167. The summed E-state index contributed by atoms with van der Waals surface area (Å²) in [6.45, 7) is 1.77. The maximum absolute atomic E-state index is 10.6. The van der Waals surface area contributed by atoms with Crippen molar-refractivity contribution in [2.75, 3.05) is 0 Å². The van der Waals surface area contributed by atoms with Crippen molar-refractivity contribution < 1.29 is 5.11 Å². The molecular weight excluding hydrogens is 308 g/mol. The highest BCUT2D eigenvalue weighted by Crippen LogP contribution is 2.36. The van der Waals surface area contributed by atoms with E-state index in [1.165, 1.54) is 0 Å². The first-order valence-electron chi connectivity index (χ1n) is 4.72. The molecule has 1 atom stereocenters. The standard InChI is InChI=1S/C12H10BrClOS/c1-12(15,10-6-16-7-11(10)13)8-3-2-4-9(14)5-8/h2-7,15H,1H3. The van der Waals surface area contributed by atoms with Gasteiger partial charge in [-0.25, -0.2) is 0 Å². The van der Waals surface area contributed by atoms with Crippen LogP contribution in [0.3, 0.4) is 0 Å². The summed E-state index contributed by atoms with van der Waals surface area (Å²) in [6.07, 6.45) is 0. The van der Waals surface area contributed by atoms with Crippen molar-refractivity contribution in [1.29, 1.82) is 0 Å². The number of thiophene rings is 1. The predicted molar refractivity (Wildman–Crippen MR) is 72.1 cm³/mol. The van der Waals surface area contributed by atoms with E-state index < -0.39 is 5.60 Å². The highest BCUT2D eigenvalue weighted by atomic mass is 79.9. The van der Waals surface area contributed by atoms with E-state index in [1.54, 1.807) is 30.4 Å². The fourth-order valence-electron chi connectivity index (χ4n) is 1.58. The van der Waals surface area contributed by atoms with Gasteiger partial charge in [0, 0.05) is 20.4 Å². The minimum atomic E-state index is -1.02. The molecule has 84 valence electrons. The van der Waals surface area contributed by atoms with Crippen LogP contribution >= 0.6 is 38.9 Å². The molecule has 1 aromatic carbocycles. The van der Waals surface area contributed by atoms with E-state index in [9.17, 15) is 5.11 Å². The summed E-state index contributed by atoms with van der Waals surface area (Å²) in [4.78, 5) is 0. The Morgan fingerprint density at radius 1 is 1.38 bits per heavy atom. The van der Waals surface area contributed by atoms with Gasteiger partial charge in [-0.1, -0.05) is 23.7 Å². The summed E-state index contributed by atoms with van der Waals surface area (Å²) in [5, 5.41) is 15.1. The summed E-state index contributed by atoms with van der Waals surface area (Å²) < 4.78 is 0.919. The number of rotatable bonds is 2. The zero-order chi connectivity index (χ0) is 11.8. The van der Waals surface area contributed by atoms with Gasteiger partial charge in [0.1, 0.15) is 5.60 Å². The number of hydrogen-bond donors (Lipinski definition) is 1. The minimum absolute atomic E-state index is 0.629. The van der Waals surface area contributed by atoms with E-state index in [2.05, 4.69) is 15.9 Å². The van der Waals surface area contributed by atoms with E-state index in [0.717, 1.165) is 15.6 Å². The van der Waals surface area contributed by atoms with E-state index in [-0.39, 0.29) is 0 Å². The molecule has 16 heavy (non-hydrogen) atoms. The molecule has 0 bridgehead atoms. The Morgan fingerprint density at radius 2 is 2.12 bits per heavy atom. The summed E-state index contributed by atoms with van der Waals surface area (Å²) in [5.41, 5.74) is 0.628. The van der Waals surface area contributed by atoms with Crippen LogP contribution < -0.4 is 0 Å². The zero-order valence-corrected chi connectivity index (χ0v) is 11.7. The molecule has 0 aliphatic heterocycles. The second-order valence-electron chi connectivity index (χ2n) is 3.72. The molecule has 1 nitrogen and oxygen atoms in total. The topological polar surface area (TPSA) is 20.2 Å². The summed E-state index contributed by atoms with van der Waals surface area (Å²) in [5.74, 6) is 0. The quantitative estimate of drug-likeness (QED) is 0.869. The SMILES string of the molecule is CC(O)(c1cccc(Cl)c1)c1cscc1Br. The third-order valence-electron chi connectivity index (χ3n) is 2.53. The fourth-order valence-corrected chi connectivity index (χ4v) is 3.55. The van der Waals surface area contributed by atoms with Gasteiger partial charge in [0.25, 0.3) is 0 Å². The van der Waals surface area contributed by atoms with Gasteiger partial charge in [-0.3, -0.25) is 0 Å². The van der Waals surface area contributed by atoms with Crippen LogP contribution in [0.2, 0.25) is 5.02 Å². The summed E-state index contributed by atoms with van der Waals surface area (Å²) >= 11 is 10.9. The molecular formula is C12H10BrClOS. The monoisotopic (exact) mass is 316 g/mol. The van der Waals surface area contributed by atoms with E-state index in [0.29, 0.717) is 5.02 Å². The lowest BCUT2D eigenvalue weighted by Gasteiger charge is -2.24. The van der Waals surface area contributed by atoms with Crippen molar-refractivity contribution in [3.63, 3.8) is 0 Å². The molecule has 0 aliphatic carbocycles. The van der Waals surface area contributed by atoms with Gasteiger partial charge in [-0.15, -0.1) is 0 Å². The van der Waals surface area contributed by atoms with Crippen LogP contribution in [0.1, 0.15) is 18.1 Å². The second kappa shape index (κ2) is 4.49. The van der Waals surface area contributed by atoms with Gasteiger partial charge < -0.3 is 5.11 Å². The van der Waals surface area contributed by atoms with Crippen LogP contribution in [0.25, 0.3) is 0 Å². The van der Waals surface area contributed by atoms with Crippen molar-refractivity contribution in [1.82, 2.24) is 0 Å². The second-order valence-corrected chi connectivity index (χ2v) is 5.75. The molecule has 1 unspecified atom stereocenters. The van der Waals surface area contributed by atoms with Gasteiger partial charge in [0.15, 0.2) is 0 Å². The Bertz CT molecular complexity index is 507. The van der Waals surface area contributed by atoms with Crippen LogP contribution in [0, 0.1) is 0 Å². The molecule has 0 spiro atoms. The molecule has 1 heterocycles. The molecule has 0 amide bonds. The molecule has 0 radical (unpaired) electrons. The lowest BCUT2D eigenvalue weighted by atomic mass is 9.90. The molecule has 2 aromatic rings. The third-order valence-corrected chi connectivity index (χ3v) is 4.46. The van der Waals surface area contributed by atoms with Crippen LogP contribution in [-0.2, 0) is 5.60 Å². The maximum Gasteiger partial charge on any atom is 0.114 e. The van der Waals surface area contributed by atoms with Gasteiger partial charge in [-0.2, -0.15) is 11.3 Å². The van der Waals surface area contributed by atoms with E-state index in [4.69, 9.17) is 11.6 Å². The van der Waals surface area contributed by atoms with Crippen LogP contribution in [-0.4, -0.2) is 5.11 Å². The summed E-state index contributed by atoms with van der Waals surface area (Å²) in [6, 6.07) is 7.29. The van der Waals surface area contributed by atoms with Crippen molar-refractivity contribution in [3.05, 3.63) is 55.6 Å². The number of halogens is 2. The highest BCUT2D eigenvalue weighted by molar-refractivity contribution is 9.10. The average molecular weight is 318 g/mol. The smallest absolute Gasteiger partial charge is 0.114 e. The maximum atomic E-state index is 10.6. The van der Waals surface area contributed by atoms with E-state index in [1.807, 2.05) is 22.9 Å². The number of hydrogen-bond acceptors (Lipinski definition) is 2. The van der Waals surface area contributed by atoms with Crippen molar-refractivity contribution in [2.24, 2.45) is 0 Å². The first-order chi connectivity index (χ1) is 7.51. The lowest BCUT2D eigenvalue weighted by Crippen LogP contribution is -2.22. The normalized spacial score (nSPS) is 14.8. The highest BCUT2D eigenvalue weighted by Gasteiger charge is 2.28. The Balaban J connectivity index is 2.51. The van der Waals surface area contributed by atoms with Gasteiger partial charge in [0.2, 0.25) is 0 Å². The Morgan fingerprint density at radius 3 is 2.69 bits per heavy atom. The van der Waals surface area contributed by atoms with Crippen molar-refractivity contribution >= 4 is 38.9 Å². The van der Waals surface area contributed by atoms with Crippen molar-refractivity contribution in [3.8, 4) is 0 Å². The predicted octanol–water partition coefficient (Wildman–Crippen LogP) is 4.42. The van der Waals surface area contributed by atoms with Crippen molar-refractivity contribution in [2.45, 2.75) is 12.5 Å². The lowest BCUT2D eigenvalue weighted by molar-refractivity contribution is 0.102. The molecule has 2 rings (SSSR count). The number of benzene rings is 1. The molecule has 1 aromatic heterocycles. The molecule has 0 fully saturated rings. The minimum Gasteiger partial charge on any atom is -0.381 e. The average Bonchev–Trinajstić information content (AvgIpc) is 2.65. The zero-order valence-electron chi connectivity index (χ0n) is 8.58. The largest absolute Gasteiger partial charge is 0.381 e. The third kappa shape index (κ3) is 2.18. The van der Waals surface area contributed by atoms with Crippen LogP contribution in [0.15, 0.2) is 39.5 Å². The van der Waals surface area contributed by atoms with Gasteiger partial charge in [-0.05, 0) is 45.9 Å². The first-order valence-corrected chi connectivity index (χ1v) is 6.84. The molecule has 0 saturated carbocycles. The molecule has 0 saturated heterocycles. The van der Waals surface area contributed by atoms with Gasteiger partial charge >= 0.3 is 0 Å². The Labute approximate surface area is 112 Å². The van der Waals surface area contributed by atoms with E-state index >= 15 is 0 Å². The van der Waals surface area contributed by atoms with Crippen LogP contribution in [0.5, 0.6) is 0 Å². The Kier molecular flexibility index (Phi) is 3.40. The molecule has 4 heteroatoms. The Hall–Kier alpha value is -0.350.